The molecular formula is C18H13BrN2O2S. The fourth-order valence-corrected chi connectivity index (χ4v) is 3.10. The highest BCUT2D eigenvalue weighted by Crippen LogP contribution is 2.22. The summed E-state index contributed by atoms with van der Waals surface area (Å²) < 4.78 is 0.806. The van der Waals surface area contributed by atoms with Gasteiger partial charge in [0.25, 0.3) is 11.8 Å². The Morgan fingerprint density at radius 1 is 0.875 bits per heavy atom. The van der Waals surface area contributed by atoms with Crippen LogP contribution in [0.1, 0.15) is 20.0 Å². The van der Waals surface area contributed by atoms with Gasteiger partial charge in [0.05, 0.1) is 10.6 Å². The molecular weight excluding hydrogens is 388 g/mol. The molecule has 2 aromatic carbocycles. The second kappa shape index (κ2) is 7.42. The molecule has 0 radical (unpaired) electrons. The molecule has 0 saturated heterocycles. The van der Waals surface area contributed by atoms with E-state index in [1.807, 2.05) is 35.7 Å². The van der Waals surface area contributed by atoms with Crippen LogP contribution in [0.4, 0.5) is 11.4 Å². The first-order chi connectivity index (χ1) is 11.6. The molecule has 24 heavy (non-hydrogen) atoms. The average molecular weight is 401 g/mol. The maximum atomic E-state index is 12.4. The Hall–Kier alpha value is -2.44. The van der Waals surface area contributed by atoms with Crippen molar-refractivity contribution in [1.82, 2.24) is 0 Å². The highest BCUT2D eigenvalue weighted by atomic mass is 79.9. The van der Waals surface area contributed by atoms with Crippen molar-refractivity contribution >= 4 is 50.5 Å². The van der Waals surface area contributed by atoms with Gasteiger partial charge in [-0.3, -0.25) is 9.59 Å². The van der Waals surface area contributed by atoms with Gasteiger partial charge in [-0.25, -0.2) is 0 Å². The van der Waals surface area contributed by atoms with E-state index in [0.717, 1.165) is 4.47 Å². The molecule has 0 aliphatic rings. The molecule has 120 valence electrons. The van der Waals surface area contributed by atoms with Crippen LogP contribution >= 0.6 is 27.3 Å². The van der Waals surface area contributed by atoms with Gasteiger partial charge in [0.2, 0.25) is 0 Å². The highest BCUT2D eigenvalue weighted by Gasteiger charge is 2.11. The molecule has 0 saturated carbocycles. The first kappa shape index (κ1) is 16.4. The number of nitrogens with one attached hydrogen (secondary N) is 2. The van der Waals surface area contributed by atoms with E-state index >= 15 is 0 Å². The second-order valence-corrected chi connectivity index (χ2v) is 6.75. The number of anilines is 2. The Morgan fingerprint density at radius 2 is 1.71 bits per heavy atom. The van der Waals surface area contributed by atoms with Crippen LogP contribution in [0.2, 0.25) is 0 Å². The van der Waals surface area contributed by atoms with Crippen molar-refractivity contribution in [3.63, 3.8) is 0 Å². The van der Waals surface area contributed by atoms with Crippen LogP contribution in [0.5, 0.6) is 0 Å². The quantitative estimate of drug-likeness (QED) is 0.645. The monoisotopic (exact) mass is 400 g/mol. The number of carbonyl (C=O) groups is 2. The van der Waals surface area contributed by atoms with Crippen molar-refractivity contribution in [3.8, 4) is 0 Å². The van der Waals surface area contributed by atoms with E-state index in [4.69, 9.17) is 0 Å². The van der Waals surface area contributed by atoms with Crippen LogP contribution < -0.4 is 10.6 Å². The minimum absolute atomic E-state index is 0.187. The lowest BCUT2D eigenvalue weighted by atomic mass is 10.1. The third-order valence-corrected chi connectivity index (χ3v) is 4.81. The number of para-hydroxylation sites is 1. The lowest BCUT2D eigenvalue weighted by Gasteiger charge is -2.09. The number of thiophene rings is 1. The Kier molecular flexibility index (Phi) is 5.08. The molecule has 1 heterocycles. The zero-order valence-electron chi connectivity index (χ0n) is 12.5. The minimum atomic E-state index is -0.242. The summed E-state index contributed by atoms with van der Waals surface area (Å²) in [5.41, 5.74) is 1.73. The summed E-state index contributed by atoms with van der Waals surface area (Å²) in [7, 11) is 0. The lowest BCUT2D eigenvalue weighted by Crippen LogP contribution is -2.14. The van der Waals surface area contributed by atoms with Crippen molar-refractivity contribution in [2.45, 2.75) is 0 Å². The largest absolute Gasteiger partial charge is 0.321 e. The predicted octanol–water partition coefficient (Wildman–Crippen LogP) is 5.02. The Bertz CT molecular complexity index is 878. The Labute approximate surface area is 151 Å². The van der Waals surface area contributed by atoms with Crippen molar-refractivity contribution in [2.24, 2.45) is 0 Å². The highest BCUT2D eigenvalue weighted by molar-refractivity contribution is 9.10. The normalized spacial score (nSPS) is 10.2. The third-order valence-electron chi connectivity index (χ3n) is 3.25. The Balaban J connectivity index is 1.74. The van der Waals surface area contributed by atoms with Gasteiger partial charge in [-0.2, -0.15) is 0 Å². The van der Waals surface area contributed by atoms with Gasteiger partial charge in [0.15, 0.2) is 0 Å². The number of carbonyl (C=O) groups excluding carboxylic acids is 2. The first-order valence-electron chi connectivity index (χ1n) is 7.14. The summed E-state index contributed by atoms with van der Waals surface area (Å²) in [4.78, 5) is 25.1. The first-order valence-corrected chi connectivity index (χ1v) is 8.81. The SMILES string of the molecule is O=C(Nc1ccccc1Br)c1cccc(NC(=O)c2cccs2)c1. The summed E-state index contributed by atoms with van der Waals surface area (Å²) in [6, 6.07) is 17.8. The molecule has 6 heteroatoms. The number of benzene rings is 2. The van der Waals surface area contributed by atoms with Crippen LogP contribution in [0.25, 0.3) is 0 Å². The number of halogens is 1. The van der Waals surface area contributed by atoms with Gasteiger partial charge in [0, 0.05) is 15.7 Å². The average Bonchev–Trinajstić information content (AvgIpc) is 3.12. The van der Waals surface area contributed by atoms with Crippen molar-refractivity contribution in [2.75, 3.05) is 10.6 Å². The van der Waals surface area contributed by atoms with Crippen molar-refractivity contribution in [1.29, 1.82) is 0 Å². The molecule has 3 rings (SSSR count). The summed E-state index contributed by atoms with van der Waals surface area (Å²) in [5.74, 6) is -0.428. The number of hydrogen-bond acceptors (Lipinski definition) is 3. The summed E-state index contributed by atoms with van der Waals surface area (Å²) in [6.45, 7) is 0. The van der Waals surface area contributed by atoms with Crippen LogP contribution in [0.3, 0.4) is 0 Å². The van der Waals surface area contributed by atoms with Gasteiger partial charge in [-0.05, 0) is 57.7 Å². The van der Waals surface area contributed by atoms with E-state index in [1.165, 1.54) is 11.3 Å². The summed E-state index contributed by atoms with van der Waals surface area (Å²) in [5, 5.41) is 7.48. The zero-order chi connectivity index (χ0) is 16.9. The van der Waals surface area contributed by atoms with Gasteiger partial charge in [0.1, 0.15) is 0 Å². The maximum Gasteiger partial charge on any atom is 0.265 e. The van der Waals surface area contributed by atoms with Crippen LogP contribution in [0.15, 0.2) is 70.5 Å². The van der Waals surface area contributed by atoms with Crippen molar-refractivity contribution in [3.05, 3.63) is 81.0 Å². The Morgan fingerprint density at radius 3 is 2.46 bits per heavy atom. The molecule has 0 fully saturated rings. The van der Waals surface area contributed by atoms with Crippen LogP contribution in [-0.2, 0) is 0 Å². The van der Waals surface area contributed by atoms with Gasteiger partial charge >= 0.3 is 0 Å². The molecule has 0 atom stereocenters. The third kappa shape index (κ3) is 3.90. The lowest BCUT2D eigenvalue weighted by molar-refractivity contribution is 0.101. The molecule has 0 spiro atoms. The van der Waals surface area contributed by atoms with Gasteiger partial charge < -0.3 is 10.6 Å². The minimum Gasteiger partial charge on any atom is -0.321 e. The molecule has 0 unspecified atom stereocenters. The summed E-state index contributed by atoms with van der Waals surface area (Å²) >= 11 is 4.76. The van der Waals surface area contributed by atoms with E-state index < -0.39 is 0 Å². The molecule has 0 aliphatic carbocycles. The van der Waals surface area contributed by atoms with Gasteiger partial charge in [-0.1, -0.05) is 24.3 Å². The van der Waals surface area contributed by atoms with E-state index in [9.17, 15) is 9.59 Å². The van der Waals surface area contributed by atoms with Crippen molar-refractivity contribution < 1.29 is 9.59 Å². The summed E-state index contributed by atoms with van der Waals surface area (Å²) in [6.07, 6.45) is 0. The van der Waals surface area contributed by atoms with E-state index in [0.29, 0.717) is 21.8 Å². The van der Waals surface area contributed by atoms with Gasteiger partial charge in [-0.15, -0.1) is 11.3 Å². The number of rotatable bonds is 4. The fraction of sp³-hybridized carbons (Fsp3) is 0. The molecule has 0 bridgehead atoms. The van der Waals surface area contributed by atoms with E-state index in [2.05, 4.69) is 26.6 Å². The molecule has 2 amide bonds. The topological polar surface area (TPSA) is 58.2 Å². The molecule has 4 nitrogen and oxygen atoms in total. The van der Waals surface area contributed by atoms with E-state index in [1.54, 1.807) is 30.3 Å². The predicted molar refractivity (Wildman–Crippen MR) is 101 cm³/mol. The van der Waals surface area contributed by atoms with Crippen LogP contribution in [-0.4, -0.2) is 11.8 Å². The maximum absolute atomic E-state index is 12.4. The smallest absolute Gasteiger partial charge is 0.265 e. The molecule has 1 aromatic heterocycles. The van der Waals surface area contributed by atoms with Crippen LogP contribution in [0, 0.1) is 0 Å². The van der Waals surface area contributed by atoms with E-state index in [-0.39, 0.29) is 11.8 Å². The molecule has 2 N–H and O–H groups in total. The molecule has 0 aliphatic heterocycles. The number of amides is 2. The fourth-order valence-electron chi connectivity index (χ4n) is 2.10. The second-order valence-electron chi connectivity index (χ2n) is 4.95. The zero-order valence-corrected chi connectivity index (χ0v) is 14.9. The molecule has 3 aromatic rings. The number of hydrogen-bond donors (Lipinski definition) is 2. The standard InChI is InChI=1S/C18H13BrN2O2S/c19-14-7-1-2-8-15(14)21-17(22)12-5-3-6-13(11-12)20-18(23)16-9-4-10-24-16/h1-11H,(H,20,23)(H,21,22).